The first-order valence-corrected chi connectivity index (χ1v) is 8.18. The van der Waals surface area contributed by atoms with Gasteiger partial charge in [-0.05, 0) is 37.7 Å². The van der Waals surface area contributed by atoms with E-state index in [0.29, 0.717) is 18.0 Å². The van der Waals surface area contributed by atoms with E-state index in [2.05, 4.69) is 35.3 Å². The topological polar surface area (TPSA) is 67.6 Å². The summed E-state index contributed by atoms with van der Waals surface area (Å²) in [6.07, 6.45) is 0. The molecule has 1 atom stereocenters. The van der Waals surface area contributed by atoms with E-state index in [0.717, 1.165) is 24.4 Å². The van der Waals surface area contributed by atoms with Crippen LogP contribution in [0.15, 0.2) is 34.9 Å². The van der Waals surface area contributed by atoms with Gasteiger partial charge >= 0.3 is 0 Å². The van der Waals surface area contributed by atoms with Crippen molar-refractivity contribution >= 4 is 5.91 Å². The first-order valence-electron chi connectivity index (χ1n) is 8.18. The Morgan fingerprint density at radius 1 is 1.33 bits per heavy atom. The second-order valence-corrected chi connectivity index (χ2v) is 5.55. The van der Waals surface area contributed by atoms with Gasteiger partial charge in [0, 0.05) is 12.6 Å². The highest BCUT2D eigenvalue weighted by Crippen LogP contribution is 2.23. The number of methoxy groups -OCH3 is 1. The zero-order valence-corrected chi connectivity index (χ0v) is 14.7. The number of hydrogen-bond donors (Lipinski definition) is 1. The number of carbonyl (C=O) groups excluding carboxylic acids is 1. The highest BCUT2D eigenvalue weighted by Gasteiger charge is 2.20. The number of carbonyl (C=O) groups is 1. The molecular weight excluding hydrogens is 306 g/mol. The molecule has 1 unspecified atom stereocenters. The monoisotopic (exact) mass is 331 g/mol. The largest absolute Gasteiger partial charge is 0.497 e. The van der Waals surface area contributed by atoms with E-state index in [9.17, 15) is 4.79 Å². The van der Waals surface area contributed by atoms with E-state index in [-0.39, 0.29) is 11.9 Å². The predicted octanol–water partition coefficient (Wildman–Crippen LogP) is 2.80. The van der Waals surface area contributed by atoms with Gasteiger partial charge in [0.05, 0.1) is 13.2 Å². The lowest BCUT2D eigenvalue weighted by Gasteiger charge is -2.30. The van der Waals surface area contributed by atoms with Crippen molar-refractivity contribution in [1.82, 2.24) is 15.4 Å². The first kappa shape index (κ1) is 18.0. The summed E-state index contributed by atoms with van der Waals surface area (Å²) in [6, 6.07) is 9.64. The molecule has 2 aromatic rings. The van der Waals surface area contributed by atoms with E-state index < -0.39 is 0 Å². The molecule has 1 aromatic carbocycles. The number of aryl methyl sites for hydroxylation is 1. The van der Waals surface area contributed by atoms with Crippen LogP contribution in [-0.4, -0.2) is 42.7 Å². The van der Waals surface area contributed by atoms with Crippen LogP contribution >= 0.6 is 0 Å². The van der Waals surface area contributed by atoms with E-state index in [4.69, 9.17) is 9.26 Å². The number of aromatic nitrogens is 1. The van der Waals surface area contributed by atoms with Crippen LogP contribution in [0.4, 0.5) is 0 Å². The quantitative estimate of drug-likeness (QED) is 0.805. The van der Waals surface area contributed by atoms with Crippen LogP contribution in [0.2, 0.25) is 0 Å². The normalized spacial score (nSPS) is 12.2. The summed E-state index contributed by atoms with van der Waals surface area (Å²) >= 11 is 0. The Morgan fingerprint density at radius 3 is 2.67 bits per heavy atom. The SMILES string of the molecule is CCN(CC)C(CNC(=O)c1cc(C)on1)c1cccc(OC)c1. The number of nitrogens with zero attached hydrogens (tertiary/aromatic N) is 2. The zero-order valence-electron chi connectivity index (χ0n) is 14.7. The van der Waals surface area contributed by atoms with E-state index in [1.807, 2.05) is 18.2 Å². The molecule has 0 aliphatic rings. The summed E-state index contributed by atoms with van der Waals surface area (Å²) in [5.74, 6) is 1.20. The molecule has 0 aliphatic carbocycles. The molecule has 0 aliphatic heterocycles. The maximum Gasteiger partial charge on any atom is 0.273 e. The maximum absolute atomic E-state index is 12.2. The van der Waals surface area contributed by atoms with Crippen LogP contribution in [0.5, 0.6) is 5.75 Å². The third-order valence-corrected chi connectivity index (χ3v) is 4.05. The van der Waals surface area contributed by atoms with E-state index in [1.165, 1.54) is 0 Å². The molecule has 0 saturated heterocycles. The molecule has 0 fully saturated rings. The Morgan fingerprint density at radius 2 is 2.08 bits per heavy atom. The first-order chi connectivity index (χ1) is 11.6. The number of benzene rings is 1. The third kappa shape index (κ3) is 4.35. The van der Waals surface area contributed by atoms with Crippen molar-refractivity contribution in [3.05, 3.63) is 47.3 Å². The molecule has 1 amide bonds. The van der Waals surface area contributed by atoms with Gasteiger partial charge in [0.15, 0.2) is 5.69 Å². The van der Waals surface area contributed by atoms with Gasteiger partial charge in [0.2, 0.25) is 0 Å². The minimum absolute atomic E-state index is 0.0621. The summed E-state index contributed by atoms with van der Waals surface area (Å²) < 4.78 is 10.3. The Bertz CT molecular complexity index is 665. The van der Waals surface area contributed by atoms with Crippen LogP contribution in [0.3, 0.4) is 0 Å². The van der Waals surface area contributed by atoms with Crippen molar-refractivity contribution in [2.75, 3.05) is 26.7 Å². The summed E-state index contributed by atoms with van der Waals surface area (Å²) in [6.45, 7) is 8.24. The van der Waals surface area contributed by atoms with Gasteiger partial charge in [-0.2, -0.15) is 0 Å². The van der Waals surface area contributed by atoms with Crippen LogP contribution in [0.1, 0.15) is 41.7 Å². The summed E-state index contributed by atoms with van der Waals surface area (Å²) in [5.41, 5.74) is 1.41. The van der Waals surface area contributed by atoms with Crippen LogP contribution in [0.25, 0.3) is 0 Å². The molecule has 0 radical (unpaired) electrons. The highest BCUT2D eigenvalue weighted by molar-refractivity contribution is 5.92. The molecule has 2 rings (SSSR count). The molecular formula is C18H25N3O3. The van der Waals surface area contributed by atoms with Crippen molar-refractivity contribution in [1.29, 1.82) is 0 Å². The summed E-state index contributed by atoms with van der Waals surface area (Å²) in [5, 5.41) is 6.71. The fraction of sp³-hybridized carbons (Fsp3) is 0.444. The lowest BCUT2D eigenvalue weighted by molar-refractivity contribution is 0.0926. The van der Waals surface area contributed by atoms with Crippen molar-refractivity contribution in [2.24, 2.45) is 0 Å². The molecule has 0 bridgehead atoms. The molecule has 6 heteroatoms. The lowest BCUT2D eigenvalue weighted by Crippen LogP contribution is -2.38. The van der Waals surface area contributed by atoms with Crippen LogP contribution in [-0.2, 0) is 0 Å². The molecule has 24 heavy (non-hydrogen) atoms. The fourth-order valence-corrected chi connectivity index (χ4v) is 2.72. The van der Waals surface area contributed by atoms with Gasteiger partial charge < -0.3 is 14.6 Å². The minimum Gasteiger partial charge on any atom is -0.497 e. The Balaban J connectivity index is 2.15. The van der Waals surface area contributed by atoms with Gasteiger partial charge in [-0.1, -0.05) is 31.1 Å². The highest BCUT2D eigenvalue weighted by atomic mass is 16.5. The van der Waals surface area contributed by atoms with E-state index >= 15 is 0 Å². The van der Waals surface area contributed by atoms with Gasteiger partial charge in [-0.25, -0.2) is 0 Å². The van der Waals surface area contributed by atoms with Gasteiger partial charge in [-0.15, -0.1) is 0 Å². The molecule has 6 nitrogen and oxygen atoms in total. The smallest absolute Gasteiger partial charge is 0.273 e. The predicted molar refractivity (Wildman–Crippen MR) is 92.2 cm³/mol. The van der Waals surface area contributed by atoms with Crippen LogP contribution < -0.4 is 10.1 Å². The molecule has 0 spiro atoms. The van der Waals surface area contributed by atoms with Gasteiger partial charge in [-0.3, -0.25) is 9.69 Å². The second-order valence-electron chi connectivity index (χ2n) is 5.55. The van der Waals surface area contributed by atoms with Crippen LogP contribution in [0, 0.1) is 6.92 Å². The molecule has 0 saturated carbocycles. The van der Waals surface area contributed by atoms with Crippen molar-refractivity contribution in [3.63, 3.8) is 0 Å². The molecule has 1 heterocycles. The number of hydrogen-bond acceptors (Lipinski definition) is 5. The molecule has 1 N–H and O–H groups in total. The summed E-state index contributed by atoms with van der Waals surface area (Å²) in [7, 11) is 1.65. The van der Waals surface area contributed by atoms with Crippen molar-refractivity contribution in [3.8, 4) is 5.75 Å². The molecule has 1 aromatic heterocycles. The lowest BCUT2D eigenvalue weighted by atomic mass is 10.0. The number of rotatable bonds is 8. The second kappa shape index (κ2) is 8.49. The van der Waals surface area contributed by atoms with Gasteiger partial charge in [0.1, 0.15) is 11.5 Å². The number of ether oxygens (including phenoxy) is 1. The van der Waals surface area contributed by atoms with Crippen molar-refractivity contribution in [2.45, 2.75) is 26.8 Å². The standard InChI is InChI=1S/C18H25N3O3/c1-5-21(6-2)17(14-8-7-9-15(11-14)23-4)12-19-18(22)16-10-13(3)24-20-16/h7-11,17H,5-6,12H2,1-4H3,(H,19,22). The Hall–Kier alpha value is -2.34. The zero-order chi connectivity index (χ0) is 17.5. The summed E-state index contributed by atoms with van der Waals surface area (Å²) in [4.78, 5) is 14.5. The average Bonchev–Trinajstić information content (AvgIpc) is 3.05. The Kier molecular flexibility index (Phi) is 6.37. The minimum atomic E-state index is -0.230. The number of likely N-dealkylation sites (N-methyl/N-ethyl adjacent to an activating group) is 1. The van der Waals surface area contributed by atoms with Gasteiger partial charge in [0.25, 0.3) is 5.91 Å². The number of nitrogens with one attached hydrogen (secondary N) is 1. The third-order valence-electron chi connectivity index (χ3n) is 4.05. The number of amides is 1. The average molecular weight is 331 g/mol. The fourth-order valence-electron chi connectivity index (χ4n) is 2.72. The Labute approximate surface area is 142 Å². The van der Waals surface area contributed by atoms with Crippen molar-refractivity contribution < 1.29 is 14.1 Å². The molecule has 130 valence electrons. The van der Waals surface area contributed by atoms with E-state index in [1.54, 1.807) is 20.1 Å². The maximum atomic E-state index is 12.2.